The number of nitrogens with zero attached hydrogens (tertiary/aromatic N) is 4. The highest BCUT2D eigenvalue weighted by atomic mass is 19.4. The molecule has 0 radical (unpaired) electrons. The molecule has 10 rings (SSSR count). The zero-order valence-electron chi connectivity index (χ0n) is 37.7. The highest BCUT2D eigenvalue weighted by molar-refractivity contribution is 6.12. The molecule has 0 aliphatic carbocycles. The highest BCUT2D eigenvalue weighted by Gasteiger charge is 2.39. The summed E-state index contributed by atoms with van der Waals surface area (Å²) in [6, 6.07) is 36.2. The van der Waals surface area contributed by atoms with E-state index in [1.807, 2.05) is 0 Å². The van der Waals surface area contributed by atoms with Crippen molar-refractivity contribution in [3.05, 3.63) is 204 Å². The third kappa shape index (κ3) is 10.0. The number of hydrogen-bond donors (Lipinski definition) is 0. The van der Waals surface area contributed by atoms with Gasteiger partial charge in [0.15, 0.2) is 17.5 Å². The maximum absolute atomic E-state index is 14.1. The quantitative estimate of drug-likeness (QED) is 0.149. The Hall–Kier alpha value is -8.48. The summed E-state index contributed by atoms with van der Waals surface area (Å²) < 4.78 is 213. The van der Waals surface area contributed by atoms with Crippen molar-refractivity contribution in [2.24, 2.45) is 0 Å². The Bertz CT molecular complexity index is 3540. The number of hydrogen-bond acceptors (Lipinski definition) is 3. The minimum absolute atomic E-state index is 0.0513. The lowest BCUT2D eigenvalue weighted by Gasteiger charge is -2.16. The lowest BCUT2D eigenvalue weighted by atomic mass is 9.96. The Balaban J connectivity index is 1.25. The zero-order valence-corrected chi connectivity index (χ0v) is 37.7. The SMILES string of the molecule is FC(F)(F)c1ccc(-c2cc(-n3c4ccc(-c5cc(C(F)(F)F)cc(C(F)(F)F)c5)cc4c4cc(-c5cc(C(F)(F)F)cc(C(F)(F)F)c5)ccc43)ccc2-c2nc(-c3ccccc3)nc(-c3ccccc3)n2)cc1. The summed E-state index contributed by atoms with van der Waals surface area (Å²) >= 11 is 0. The van der Waals surface area contributed by atoms with Crippen LogP contribution in [0, 0.1) is 0 Å². The minimum atomic E-state index is -5.23. The lowest BCUT2D eigenvalue weighted by Crippen LogP contribution is -2.11. The molecule has 0 aliphatic rings. The van der Waals surface area contributed by atoms with E-state index in [0.717, 1.165) is 12.1 Å². The van der Waals surface area contributed by atoms with Crippen LogP contribution in [0.1, 0.15) is 27.8 Å². The molecule has 0 fully saturated rings. The summed E-state index contributed by atoms with van der Waals surface area (Å²) in [6.45, 7) is 0. The van der Waals surface area contributed by atoms with Crippen LogP contribution < -0.4 is 0 Å². The van der Waals surface area contributed by atoms with Crippen LogP contribution in [0.5, 0.6) is 0 Å². The molecule has 2 heterocycles. The standard InChI is InChI=1S/C56H29F15N4/c57-52(58,59)37-15-11-30(12-16-37)44-29-42(17-18-43(44)51-73-49(31-7-3-1-4-8-31)72-50(74-51)32-9-5-2-6-10-32)75-47-19-13-33(35-21-38(53(60,61)62)27-39(22-35)54(63,64)65)25-45(47)46-26-34(14-20-48(46)75)36-23-40(55(66,67)68)28-41(24-36)56(69,70)71/h1-29H. The number of alkyl halides is 15. The van der Waals surface area contributed by atoms with E-state index in [-0.39, 0.29) is 84.9 Å². The van der Waals surface area contributed by atoms with Crippen molar-refractivity contribution in [3.8, 4) is 73.2 Å². The summed E-state index contributed by atoms with van der Waals surface area (Å²) in [5.41, 5.74) is -6.30. The Kier molecular flexibility index (Phi) is 12.1. The number of aromatic nitrogens is 4. The summed E-state index contributed by atoms with van der Waals surface area (Å²) in [4.78, 5) is 14.3. The average molecular weight is 1040 g/mol. The fourth-order valence-electron chi connectivity index (χ4n) is 8.78. The first-order chi connectivity index (χ1) is 35.3. The molecular formula is C56H29F15N4. The highest BCUT2D eigenvalue weighted by Crippen LogP contribution is 2.45. The van der Waals surface area contributed by atoms with Gasteiger partial charge in [0.05, 0.1) is 38.9 Å². The molecule has 2 aromatic heterocycles. The predicted molar refractivity (Wildman–Crippen MR) is 252 cm³/mol. The maximum atomic E-state index is 14.1. The van der Waals surface area contributed by atoms with Gasteiger partial charge in [-0.1, -0.05) is 84.9 Å². The molecule has 0 bridgehead atoms. The molecule has 0 unspecified atom stereocenters. The first kappa shape index (κ1) is 50.1. The van der Waals surface area contributed by atoms with Crippen LogP contribution in [0.15, 0.2) is 176 Å². The molecule has 0 atom stereocenters. The Morgan fingerprint density at radius 1 is 0.267 bits per heavy atom. The van der Waals surface area contributed by atoms with E-state index in [0.29, 0.717) is 35.4 Å². The van der Waals surface area contributed by atoms with Crippen LogP contribution >= 0.6 is 0 Å². The Morgan fingerprint density at radius 3 is 1.03 bits per heavy atom. The van der Waals surface area contributed by atoms with Gasteiger partial charge in [0.2, 0.25) is 0 Å². The van der Waals surface area contributed by atoms with E-state index in [2.05, 4.69) is 0 Å². The number of rotatable bonds is 7. The number of fused-ring (bicyclic) bond motifs is 3. The molecule has 378 valence electrons. The molecule has 8 aromatic carbocycles. The van der Waals surface area contributed by atoms with Crippen LogP contribution in [0.3, 0.4) is 0 Å². The first-order valence-electron chi connectivity index (χ1n) is 22.2. The van der Waals surface area contributed by atoms with Crippen molar-refractivity contribution in [2.75, 3.05) is 0 Å². The van der Waals surface area contributed by atoms with Crippen LogP contribution in [0.25, 0.3) is 95.0 Å². The van der Waals surface area contributed by atoms with E-state index in [1.165, 1.54) is 48.5 Å². The van der Waals surface area contributed by atoms with E-state index < -0.39 is 69.8 Å². The van der Waals surface area contributed by atoms with Gasteiger partial charge in [0, 0.05) is 33.2 Å². The monoisotopic (exact) mass is 1040 g/mol. The Morgan fingerprint density at radius 2 is 0.640 bits per heavy atom. The molecule has 10 aromatic rings. The predicted octanol–water partition coefficient (Wildman–Crippen LogP) is 18.1. The van der Waals surface area contributed by atoms with E-state index in [1.54, 1.807) is 83.4 Å². The number of halogens is 15. The molecular weight excluding hydrogens is 1010 g/mol. The fraction of sp³-hybridized carbons (Fsp3) is 0.0893. The van der Waals surface area contributed by atoms with Gasteiger partial charge >= 0.3 is 30.9 Å². The first-order valence-corrected chi connectivity index (χ1v) is 22.2. The van der Waals surface area contributed by atoms with Crippen molar-refractivity contribution in [3.63, 3.8) is 0 Å². The van der Waals surface area contributed by atoms with Gasteiger partial charge in [-0.2, -0.15) is 65.9 Å². The van der Waals surface area contributed by atoms with Gasteiger partial charge in [-0.25, -0.2) is 15.0 Å². The molecule has 0 saturated carbocycles. The summed E-state index contributed by atoms with van der Waals surface area (Å²) in [7, 11) is 0. The molecule has 4 nitrogen and oxygen atoms in total. The number of benzene rings is 8. The molecule has 0 aliphatic heterocycles. The fourth-order valence-corrected chi connectivity index (χ4v) is 8.78. The second kappa shape index (κ2) is 18.2. The second-order valence-electron chi connectivity index (χ2n) is 17.2. The van der Waals surface area contributed by atoms with Gasteiger partial charge in [-0.15, -0.1) is 0 Å². The summed E-state index contributed by atoms with van der Waals surface area (Å²) in [5.74, 6) is 0.559. The molecule has 19 heteroatoms. The minimum Gasteiger partial charge on any atom is -0.309 e. The second-order valence-corrected chi connectivity index (χ2v) is 17.2. The van der Waals surface area contributed by atoms with Crippen LogP contribution in [0.4, 0.5) is 65.9 Å². The van der Waals surface area contributed by atoms with Crippen molar-refractivity contribution in [2.45, 2.75) is 30.9 Å². The maximum Gasteiger partial charge on any atom is 0.416 e. The van der Waals surface area contributed by atoms with Crippen LogP contribution in [0.2, 0.25) is 0 Å². The average Bonchev–Trinajstić information content (AvgIpc) is 3.72. The molecule has 0 amide bonds. The van der Waals surface area contributed by atoms with Crippen LogP contribution in [-0.4, -0.2) is 19.5 Å². The molecule has 75 heavy (non-hydrogen) atoms. The smallest absolute Gasteiger partial charge is 0.309 e. The van der Waals surface area contributed by atoms with Crippen molar-refractivity contribution < 1.29 is 65.9 Å². The summed E-state index contributed by atoms with van der Waals surface area (Å²) in [6.07, 6.45) is -25.6. The van der Waals surface area contributed by atoms with E-state index in [9.17, 15) is 65.9 Å². The summed E-state index contributed by atoms with van der Waals surface area (Å²) in [5, 5.41) is 0.159. The normalized spacial score (nSPS) is 12.7. The van der Waals surface area contributed by atoms with E-state index >= 15 is 0 Å². The van der Waals surface area contributed by atoms with E-state index in [4.69, 9.17) is 15.0 Å². The van der Waals surface area contributed by atoms with Crippen molar-refractivity contribution >= 4 is 21.8 Å². The van der Waals surface area contributed by atoms with Gasteiger partial charge in [0.1, 0.15) is 0 Å². The Labute approximate surface area is 414 Å². The lowest BCUT2D eigenvalue weighted by molar-refractivity contribution is -0.144. The molecule has 0 N–H and O–H groups in total. The third-order valence-electron chi connectivity index (χ3n) is 12.3. The van der Waals surface area contributed by atoms with Gasteiger partial charge in [-0.05, 0) is 124 Å². The molecule has 0 saturated heterocycles. The zero-order chi connectivity index (χ0) is 53.4. The largest absolute Gasteiger partial charge is 0.416 e. The third-order valence-corrected chi connectivity index (χ3v) is 12.3. The molecule has 0 spiro atoms. The van der Waals surface area contributed by atoms with Crippen molar-refractivity contribution in [1.29, 1.82) is 0 Å². The van der Waals surface area contributed by atoms with Crippen LogP contribution in [-0.2, 0) is 30.9 Å². The van der Waals surface area contributed by atoms with Gasteiger partial charge < -0.3 is 4.57 Å². The van der Waals surface area contributed by atoms with Gasteiger partial charge in [0.25, 0.3) is 0 Å². The van der Waals surface area contributed by atoms with Crippen molar-refractivity contribution in [1.82, 2.24) is 19.5 Å². The topological polar surface area (TPSA) is 43.6 Å². The van der Waals surface area contributed by atoms with Gasteiger partial charge in [-0.3, -0.25) is 0 Å².